The number of aryl methyl sites for hydroxylation is 1. The van der Waals surface area contributed by atoms with Gasteiger partial charge >= 0.3 is 0 Å². The van der Waals surface area contributed by atoms with Crippen LogP contribution in [0.25, 0.3) is 0 Å². The summed E-state index contributed by atoms with van der Waals surface area (Å²) < 4.78 is 5.65. The van der Waals surface area contributed by atoms with Crippen molar-refractivity contribution in [3.63, 3.8) is 0 Å². The lowest BCUT2D eigenvalue weighted by Gasteiger charge is -2.36. The first-order chi connectivity index (χ1) is 7.61. The van der Waals surface area contributed by atoms with E-state index in [-0.39, 0.29) is 11.3 Å². The molecule has 2 nitrogen and oxygen atoms in total. The third kappa shape index (κ3) is 0.839. The maximum atomic E-state index is 12.2. The van der Waals surface area contributed by atoms with Gasteiger partial charge in [-0.2, -0.15) is 0 Å². The average Bonchev–Trinajstić information content (AvgIpc) is 2.94. The standard InChI is InChI=1S/C14H16O2/c1-7-6-16-12-5-14(2)10-4-9(10)13(15)11(14)3-8(7)12/h6,9-11H,3-5H2,1-2H3/t9-,10+,11+,14-/m0/s1. The Kier molecular flexibility index (Phi) is 1.38. The Balaban J connectivity index is 1.84. The number of rotatable bonds is 0. The van der Waals surface area contributed by atoms with Crippen LogP contribution in [-0.2, 0) is 17.6 Å². The molecule has 2 fully saturated rings. The summed E-state index contributed by atoms with van der Waals surface area (Å²) in [7, 11) is 0. The first-order valence-electron chi connectivity index (χ1n) is 6.21. The topological polar surface area (TPSA) is 30.2 Å². The molecule has 0 aliphatic heterocycles. The molecule has 0 N–H and O–H groups in total. The molecule has 0 aromatic carbocycles. The molecule has 1 aromatic rings. The quantitative estimate of drug-likeness (QED) is 0.667. The molecule has 3 aliphatic rings. The van der Waals surface area contributed by atoms with Crippen molar-refractivity contribution in [3.8, 4) is 0 Å². The van der Waals surface area contributed by atoms with Crippen molar-refractivity contribution in [2.75, 3.05) is 0 Å². The molecule has 1 heterocycles. The van der Waals surface area contributed by atoms with Gasteiger partial charge in [0.05, 0.1) is 6.26 Å². The van der Waals surface area contributed by atoms with E-state index in [1.54, 1.807) is 0 Å². The second-order valence-corrected chi connectivity index (χ2v) is 6.11. The van der Waals surface area contributed by atoms with E-state index in [1.165, 1.54) is 11.1 Å². The van der Waals surface area contributed by atoms with E-state index in [2.05, 4.69) is 13.8 Å². The molecule has 0 spiro atoms. The Morgan fingerprint density at radius 1 is 1.50 bits per heavy atom. The molecule has 2 heteroatoms. The summed E-state index contributed by atoms with van der Waals surface area (Å²) in [5.74, 6) is 3.03. The monoisotopic (exact) mass is 216 g/mol. The molecule has 16 heavy (non-hydrogen) atoms. The Morgan fingerprint density at radius 2 is 2.31 bits per heavy atom. The zero-order chi connectivity index (χ0) is 11.1. The number of furan rings is 1. The lowest BCUT2D eigenvalue weighted by molar-refractivity contribution is -0.124. The lowest BCUT2D eigenvalue weighted by atomic mass is 9.66. The highest BCUT2D eigenvalue weighted by atomic mass is 16.3. The molecule has 3 aliphatic carbocycles. The summed E-state index contributed by atoms with van der Waals surface area (Å²) >= 11 is 0. The summed E-state index contributed by atoms with van der Waals surface area (Å²) in [6, 6.07) is 0. The van der Waals surface area contributed by atoms with Gasteiger partial charge in [-0.05, 0) is 42.2 Å². The summed E-state index contributed by atoms with van der Waals surface area (Å²) in [5.41, 5.74) is 2.75. The number of hydrogen-bond acceptors (Lipinski definition) is 2. The second kappa shape index (κ2) is 2.44. The predicted octanol–water partition coefficient (Wildman–Crippen LogP) is 2.53. The number of Topliss-reactive ketones (excluding diaryl/α,β-unsaturated/α-hetero) is 1. The molecular formula is C14H16O2. The Morgan fingerprint density at radius 3 is 3.12 bits per heavy atom. The van der Waals surface area contributed by atoms with Gasteiger partial charge in [0, 0.05) is 18.3 Å². The van der Waals surface area contributed by atoms with Crippen LogP contribution >= 0.6 is 0 Å². The smallest absolute Gasteiger partial charge is 0.140 e. The van der Waals surface area contributed by atoms with Gasteiger partial charge < -0.3 is 4.42 Å². The highest BCUT2D eigenvalue weighted by molar-refractivity contribution is 5.91. The Bertz CT molecular complexity index is 499. The molecule has 0 amide bonds. The number of hydrogen-bond donors (Lipinski definition) is 0. The van der Waals surface area contributed by atoms with Crippen LogP contribution in [0.15, 0.2) is 10.7 Å². The highest BCUT2D eigenvalue weighted by Gasteiger charge is 2.66. The van der Waals surface area contributed by atoms with E-state index >= 15 is 0 Å². The number of carbonyl (C=O) groups is 1. The van der Waals surface area contributed by atoms with Gasteiger partial charge in [-0.1, -0.05) is 6.92 Å². The molecular weight excluding hydrogens is 200 g/mol. The highest BCUT2D eigenvalue weighted by Crippen LogP contribution is 2.66. The van der Waals surface area contributed by atoms with Crippen LogP contribution in [0.1, 0.15) is 30.2 Å². The Labute approximate surface area is 95.0 Å². The maximum absolute atomic E-state index is 12.2. The van der Waals surface area contributed by atoms with Gasteiger partial charge in [-0.3, -0.25) is 4.79 Å². The SMILES string of the molecule is Cc1coc2c1C[C@@H]1C(=O)[C@H]3C[C@H]3[C@]1(C)C2. The summed E-state index contributed by atoms with van der Waals surface area (Å²) in [6.45, 7) is 4.39. The van der Waals surface area contributed by atoms with Crippen molar-refractivity contribution in [2.45, 2.75) is 33.1 Å². The van der Waals surface area contributed by atoms with Crippen LogP contribution in [0, 0.1) is 30.1 Å². The molecule has 84 valence electrons. The van der Waals surface area contributed by atoms with Crippen LogP contribution in [0.4, 0.5) is 0 Å². The minimum Gasteiger partial charge on any atom is -0.469 e. The van der Waals surface area contributed by atoms with Crippen LogP contribution in [0.2, 0.25) is 0 Å². The van der Waals surface area contributed by atoms with Crippen LogP contribution in [0.5, 0.6) is 0 Å². The zero-order valence-electron chi connectivity index (χ0n) is 9.75. The fourth-order valence-corrected chi connectivity index (χ4v) is 4.16. The van der Waals surface area contributed by atoms with Crippen LogP contribution in [0.3, 0.4) is 0 Å². The van der Waals surface area contributed by atoms with Gasteiger partial charge in [-0.25, -0.2) is 0 Å². The van der Waals surface area contributed by atoms with Crippen molar-refractivity contribution in [3.05, 3.63) is 23.2 Å². The molecule has 4 rings (SSSR count). The fourth-order valence-electron chi connectivity index (χ4n) is 4.16. The largest absolute Gasteiger partial charge is 0.469 e. The normalized spacial score (nSPS) is 43.9. The summed E-state index contributed by atoms with van der Waals surface area (Å²) in [4.78, 5) is 12.2. The van der Waals surface area contributed by atoms with Crippen molar-refractivity contribution in [1.29, 1.82) is 0 Å². The van der Waals surface area contributed by atoms with E-state index in [1.807, 2.05) is 6.26 Å². The van der Waals surface area contributed by atoms with E-state index in [0.29, 0.717) is 17.6 Å². The molecule has 2 saturated carbocycles. The third-order valence-corrected chi connectivity index (χ3v) is 5.28. The van der Waals surface area contributed by atoms with E-state index < -0.39 is 0 Å². The number of carbonyl (C=O) groups excluding carboxylic acids is 1. The molecule has 0 saturated heterocycles. The molecule has 0 bridgehead atoms. The average molecular weight is 216 g/mol. The summed E-state index contributed by atoms with van der Waals surface area (Å²) in [6.07, 6.45) is 4.90. The van der Waals surface area contributed by atoms with Gasteiger partial charge in [0.1, 0.15) is 11.5 Å². The predicted molar refractivity (Wildman–Crippen MR) is 59.1 cm³/mol. The van der Waals surface area contributed by atoms with E-state index in [0.717, 1.165) is 25.0 Å². The minimum absolute atomic E-state index is 0.207. The molecule has 0 radical (unpaired) electrons. The first-order valence-corrected chi connectivity index (χ1v) is 6.21. The Hall–Kier alpha value is -1.05. The van der Waals surface area contributed by atoms with Crippen molar-refractivity contribution in [1.82, 2.24) is 0 Å². The van der Waals surface area contributed by atoms with E-state index in [9.17, 15) is 4.79 Å². The van der Waals surface area contributed by atoms with Gasteiger partial charge in [0.2, 0.25) is 0 Å². The molecule has 1 aromatic heterocycles. The van der Waals surface area contributed by atoms with Crippen molar-refractivity contribution >= 4 is 5.78 Å². The number of fused-ring (bicyclic) bond motifs is 4. The number of ketones is 1. The van der Waals surface area contributed by atoms with E-state index in [4.69, 9.17) is 4.42 Å². The summed E-state index contributed by atoms with van der Waals surface area (Å²) in [5, 5.41) is 0. The van der Waals surface area contributed by atoms with Crippen molar-refractivity contribution < 1.29 is 9.21 Å². The van der Waals surface area contributed by atoms with Gasteiger partial charge in [0.15, 0.2) is 0 Å². The maximum Gasteiger partial charge on any atom is 0.140 e. The fraction of sp³-hybridized carbons (Fsp3) is 0.643. The van der Waals surface area contributed by atoms with Crippen LogP contribution < -0.4 is 0 Å². The first kappa shape index (κ1) is 9.03. The molecule has 0 unspecified atom stereocenters. The van der Waals surface area contributed by atoms with Crippen molar-refractivity contribution in [2.24, 2.45) is 23.2 Å². The van der Waals surface area contributed by atoms with Gasteiger partial charge in [0.25, 0.3) is 0 Å². The third-order valence-electron chi connectivity index (χ3n) is 5.28. The van der Waals surface area contributed by atoms with Gasteiger partial charge in [-0.15, -0.1) is 0 Å². The lowest BCUT2D eigenvalue weighted by Crippen LogP contribution is -2.37. The van der Waals surface area contributed by atoms with Crippen LogP contribution in [-0.4, -0.2) is 5.78 Å². The molecule has 4 atom stereocenters. The zero-order valence-corrected chi connectivity index (χ0v) is 9.75. The minimum atomic E-state index is 0.207. The second-order valence-electron chi connectivity index (χ2n) is 6.11.